The summed E-state index contributed by atoms with van der Waals surface area (Å²) in [6.45, 7) is 4.50. The highest BCUT2D eigenvalue weighted by Crippen LogP contribution is 2.10. The van der Waals surface area contributed by atoms with Gasteiger partial charge in [0.25, 0.3) is 0 Å². The number of aromatic nitrogens is 1. The number of carbonyl (C=O) groups is 1. The van der Waals surface area contributed by atoms with E-state index in [0.717, 1.165) is 17.8 Å². The first-order chi connectivity index (χ1) is 7.58. The minimum atomic E-state index is 0.0773. The van der Waals surface area contributed by atoms with Gasteiger partial charge in [0.2, 0.25) is 5.91 Å². The van der Waals surface area contributed by atoms with Crippen LogP contribution in [0.15, 0.2) is 6.20 Å². The number of nitrogens with one attached hydrogen (secondary N) is 1. The third kappa shape index (κ3) is 5.23. The molecule has 0 saturated carbocycles. The molecule has 0 aromatic carbocycles. The first-order valence-corrected chi connectivity index (χ1v) is 6.33. The molecule has 1 amide bonds. The average Bonchev–Trinajstić information content (AvgIpc) is 2.61. The van der Waals surface area contributed by atoms with Crippen LogP contribution in [0.5, 0.6) is 0 Å². The summed E-state index contributed by atoms with van der Waals surface area (Å²) in [5, 5.41) is 3.81. The summed E-state index contributed by atoms with van der Waals surface area (Å²) in [6, 6.07) is 0.175. The van der Waals surface area contributed by atoms with Crippen LogP contribution in [0.25, 0.3) is 0 Å². The number of rotatable bonds is 6. The molecule has 5 heteroatoms. The number of nitrogens with two attached hydrogens (primary N) is 1. The van der Waals surface area contributed by atoms with Crippen molar-refractivity contribution in [2.45, 2.75) is 45.7 Å². The van der Waals surface area contributed by atoms with Gasteiger partial charge in [-0.3, -0.25) is 4.79 Å². The SMILES string of the molecule is Cc1cnc(CNC(=O)CCCC(C)N)s1. The number of hydrogen-bond acceptors (Lipinski definition) is 4. The number of hydrogen-bond donors (Lipinski definition) is 2. The van der Waals surface area contributed by atoms with E-state index in [1.54, 1.807) is 11.3 Å². The van der Waals surface area contributed by atoms with Crippen LogP contribution in [0.2, 0.25) is 0 Å². The molecule has 1 unspecified atom stereocenters. The Morgan fingerprint density at radius 1 is 1.69 bits per heavy atom. The lowest BCUT2D eigenvalue weighted by Crippen LogP contribution is -2.23. The van der Waals surface area contributed by atoms with E-state index in [-0.39, 0.29) is 11.9 Å². The van der Waals surface area contributed by atoms with Crippen molar-refractivity contribution in [2.24, 2.45) is 5.73 Å². The highest BCUT2D eigenvalue weighted by molar-refractivity contribution is 7.11. The fourth-order valence-corrected chi connectivity index (χ4v) is 2.06. The van der Waals surface area contributed by atoms with Crippen LogP contribution < -0.4 is 11.1 Å². The summed E-state index contributed by atoms with van der Waals surface area (Å²) in [5.74, 6) is 0.0773. The molecule has 1 aromatic heterocycles. The van der Waals surface area contributed by atoms with Crippen LogP contribution in [-0.4, -0.2) is 16.9 Å². The topological polar surface area (TPSA) is 68.0 Å². The maximum absolute atomic E-state index is 11.4. The Morgan fingerprint density at radius 3 is 3.00 bits per heavy atom. The first kappa shape index (κ1) is 13.1. The minimum Gasteiger partial charge on any atom is -0.350 e. The number of carbonyl (C=O) groups excluding carboxylic acids is 1. The Bertz CT molecular complexity index is 336. The smallest absolute Gasteiger partial charge is 0.220 e. The van der Waals surface area contributed by atoms with E-state index in [1.807, 2.05) is 20.0 Å². The summed E-state index contributed by atoms with van der Waals surface area (Å²) in [6.07, 6.45) is 4.11. The van der Waals surface area contributed by atoms with Crippen LogP contribution in [0.1, 0.15) is 36.1 Å². The Balaban J connectivity index is 2.15. The first-order valence-electron chi connectivity index (χ1n) is 5.51. The van der Waals surface area contributed by atoms with Crippen LogP contribution in [0.4, 0.5) is 0 Å². The van der Waals surface area contributed by atoms with Gasteiger partial charge in [-0.05, 0) is 26.7 Å². The van der Waals surface area contributed by atoms with E-state index < -0.39 is 0 Å². The van der Waals surface area contributed by atoms with Crippen molar-refractivity contribution in [2.75, 3.05) is 0 Å². The maximum Gasteiger partial charge on any atom is 0.220 e. The molecule has 3 N–H and O–H groups in total. The van der Waals surface area contributed by atoms with E-state index in [0.29, 0.717) is 13.0 Å². The lowest BCUT2D eigenvalue weighted by Gasteiger charge is -2.05. The molecule has 1 aromatic rings. The Morgan fingerprint density at radius 2 is 2.44 bits per heavy atom. The minimum absolute atomic E-state index is 0.0773. The average molecular weight is 241 g/mol. The third-order valence-corrected chi connectivity index (χ3v) is 3.08. The van der Waals surface area contributed by atoms with Crippen molar-refractivity contribution in [3.05, 3.63) is 16.1 Å². The second-order valence-corrected chi connectivity index (χ2v) is 5.33. The second kappa shape index (κ2) is 6.60. The second-order valence-electron chi connectivity index (χ2n) is 4.01. The summed E-state index contributed by atoms with van der Waals surface area (Å²) in [5.41, 5.74) is 5.61. The Labute approximate surface area is 100 Å². The fourth-order valence-electron chi connectivity index (χ4n) is 1.33. The number of amides is 1. The van der Waals surface area contributed by atoms with Gasteiger partial charge in [-0.1, -0.05) is 0 Å². The van der Waals surface area contributed by atoms with E-state index >= 15 is 0 Å². The van der Waals surface area contributed by atoms with Gasteiger partial charge in [0.1, 0.15) is 5.01 Å². The van der Waals surface area contributed by atoms with Crippen LogP contribution >= 0.6 is 11.3 Å². The zero-order valence-electron chi connectivity index (χ0n) is 9.82. The predicted octanol–water partition coefficient (Wildman–Crippen LogP) is 1.59. The maximum atomic E-state index is 11.4. The molecule has 0 radical (unpaired) electrons. The number of nitrogens with zero attached hydrogens (tertiary/aromatic N) is 1. The number of aryl methyl sites for hydroxylation is 1. The molecule has 1 atom stereocenters. The molecule has 0 aliphatic heterocycles. The van der Waals surface area contributed by atoms with Gasteiger partial charge in [-0.15, -0.1) is 11.3 Å². The van der Waals surface area contributed by atoms with E-state index in [4.69, 9.17) is 5.73 Å². The monoisotopic (exact) mass is 241 g/mol. The zero-order chi connectivity index (χ0) is 12.0. The van der Waals surface area contributed by atoms with Crippen molar-refractivity contribution < 1.29 is 4.79 Å². The molecular weight excluding hydrogens is 222 g/mol. The van der Waals surface area contributed by atoms with Crippen LogP contribution in [0, 0.1) is 6.92 Å². The van der Waals surface area contributed by atoms with E-state index in [9.17, 15) is 4.79 Å². The molecule has 4 nitrogen and oxygen atoms in total. The molecule has 0 aliphatic carbocycles. The summed E-state index contributed by atoms with van der Waals surface area (Å²) >= 11 is 1.61. The predicted molar refractivity (Wildman–Crippen MR) is 66.2 cm³/mol. The molecule has 1 rings (SSSR count). The van der Waals surface area contributed by atoms with E-state index in [2.05, 4.69) is 10.3 Å². The molecule has 0 bridgehead atoms. The zero-order valence-corrected chi connectivity index (χ0v) is 10.6. The molecule has 1 heterocycles. The molecule has 16 heavy (non-hydrogen) atoms. The Kier molecular flexibility index (Phi) is 5.42. The molecule has 0 aliphatic rings. The fraction of sp³-hybridized carbons (Fsp3) is 0.636. The van der Waals surface area contributed by atoms with Crippen molar-refractivity contribution in [3.63, 3.8) is 0 Å². The quantitative estimate of drug-likeness (QED) is 0.794. The lowest BCUT2D eigenvalue weighted by atomic mass is 10.1. The van der Waals surface area contributed by atoms with Gasteiger partial charge < -0.3 is 11.1 Å². The highest BCUT2D eigenvalue weighted by Gasteiger charge is 2.04. The normalized spacial score (nSPS) is 12.4. The molecule has 90 valence electrons. The van der Waals surface area contributed by atoms with Crippen molar-refractivity contribution >= 4 is 17.2 Å². The molecular formula is C11H19N3OS. The standard InChI is InChI=1S/C11H19N3OS/c1-8(12)4-3-5-10(15)13-7-11-14-6-9(2)16-11/h6,8H,3-5,7,12H2,1-2H3,(H,13,15). The van der Waals surface area contributed by atoms with Gasteiger partial charge in [0, 0.05) is 23.5 Å². The van der Waals surface area contributed by atoms with Gasteiger partial charge in [-0.25, -0.2) is 4.98 Å². The van der Waals surface area contributed by atoms with Crippen molar-refractivity contribution in [1.29, 1.82) is 0 Å². The van der Waals surface area contributed by atoms with Crippen molar-refractivity contribution in [1.82, 2.24) is 10.3 Å². The lowest BCUT2D eigenvalue weighted by molar-refractivity contribution is -0.121. The van der Waals surface area contributed by atoms with Crippen LogP contribution in [0.3, 0.4) is 0 Å². The van der Waals surface area contributed by atoms with Crippen LogP contribution in [-0.2, 0) is 11.3 Å². The molecule has 0 fully saturated rings. The van der Waals surface area contributed by atoms with Crippen molar-refractivity contribution in [3.8, 4) is 0 Å². The molecule has 0 saturated heterocycles. The summed E-state index contributed by atoms with van der Waals surface area (Å²) < 4.78 is 0. The van der Waals surface area contributed by atoms with Gasteiger partial charge >= 0.3 is 0 Å². The molecule has 0 spiro atoms. The number of thiazole rings is 1. The van der Waals surface area contributed by atoms with Gasteiger partial charge in [-0.2, -0.15) is 0 Å². The Hall–Kier alpha value is -0.940. The summed E-state index contributed by atoms with van der Waals surface area (Å²) in [7, 11) is 0. The van der Waals surface area contributed by atoms with Gasteiger partial charge in [0.15, 0.2) is 0 Å². The largest absolute Gasteiger partial charge is 0.350 e. The summed E-state index contributed by atoms with van der Waals surface area (Å²) in [4.78, 5) is 16.8. The highest BCUT2D eigenvalue weighted by atomic mass is 32.1. The van der Waals surface area contributed by atoms with Gasteiger partial charge in [0.05, 0.1) is 6.54 Å². The third-order valence-electron chi connectivity index (χ3n) is 2.17. The van der Waals surface area contributed by atoms with E-state index in [1.165, 1.54) is 4.88 Å².